The van der Waals surface area contributed by atoms with Gasteiger partial charge in [0.25, 0.3) is 0 Å². The smallest absolute Gasteiger partial charge is 0.127 e. The molecular formula is C16H17ClN2O. The van der Waals surface area contributed by atoms with E-state index in [9.17, 15) is 0 Å². The van der Waals surface area contributed by atoms with Crippen LogP contribution in [-0.4, -0.2) is 6.61 Å². The van der Waals surface area contributed by atoms with Crippen LogP contribution in [0.2, 0.25) is 5.02 Å². The van der Waals surface area contributed by atoms with Crippen molar-refractivity contribution in [2.45, 2.75) is 18.9 Å². The highest BCUT2D eigenvalue weighted by molar-refractivity contribution is 6.30. The van der Waals surface area contributed by atoms with Crippen LogP contribution in [0.25, 0.3) is 0 Å². The second-order valence-electron chi connectivity index (χ2n) is 4.99. The first-order valence-corrected chi connectivity index (χ1v) is 7.11. The summed E-state index contributed by atoms with van der Waals surface area (Å²) in [5.74, 6) is 6.73. The lowest BCUT2D eigenvalue weighted by atomic mass is 9.96. The molecule has 4 heteroatoms. The van der Waals surface area contributed by atoms with Gasteiger partial charge in [0.2, 0.25) is 0 Å². The molecule has 1 aliphatic rings. The van der Waals surface area contributed by atoms with E-state index < -0.39 is 0 Å². The molecule has 1 unspecified atom stereocenters. The van der Waals surface area contributed by atoms with Gasteiger partial charge in [-0.15, -0.1) is 0 Å². The third kappa shape index (κ3) is 2.66. The largest absolute Gasteiger partial charge is 0.493 e. The Morgan fingerprint density at radius 2 is 2.10 bits per heavy atom. The first kappa shape index (κ1) is 13.4. The number of para-hydroxylation sites is 1. The number of hydrazine groups is 1. The van der Waals surface area contributed by atoms with Crippen molar-refractivity contribution in [3.05, 3.63) is 64.2 Å². The lowest BCUT2D eigenvalue weighted by Crippen LogP contribution is -2.29. The molecule has 0 fully saturated rings. The number of nitrogens with two attached hydrogens (primary N) is 1. The van der Waals surface area contributed by atoms with Crippen LogP contribution in [0.5, 0.6) is 5.75 Å². The Hall–Kier alpha value is -1.55. The van der Waals surface area contributed by atoms with Crippen molar-refractivity contribution in [2.24, 2.45) is 5.84 Å². The molecule has 0 saturated carbocycles. The van der Waals surface area contributed by atoms with Crippen molar-refractivity contribution in [2.75, 3.05) is 6.61 Å². The van der Waals surface area contributed by atoms with Crippen molar-refractivity contribution < 1.29 is 4.74 Å². The molecule has 0 saturated heterocycles. The van der Waals surface area contributed by atoms with Gasteiger partial charge in [-0.05, 0) is 29.7 Å². The van der Waals surface area contributed by atoms with E-state index in [1.165, 1.54) is 5.56 Å². The monoisotopic (exact) mass is 288 g/mol. The van der Waals surface area contributed by atoms with Crippen LogP contribution in [0.3, 0.4) is 0 Å². The fourth-order valence-corrected chi connectivity index (χ4v) is 2.89. The van der Waals surface area contributed by atoms with E-state index in [1.54, 1.807) is 0 Å². The minimum Gasteiger partial charge on any atom is -0.493 e. The fraction of sp³-hybridized carbons (Fsp3) is 0.250. The number of fused-ring (bicyclic) bond motifs is 1. The highest BCUT2D eigenvalue weighted by Gasteiger charge is 2.21. The predicted octanol–water partition coefficient (Wildman–Crippen LogP) is 3.02. The Labute approximate surface area is 123 Å². The van der Waals surface area contributed by atoms with E-state index >= 15 is 0 Å². The first-order valence-electron chi connectivity index (χ1n) is 6.73. The summed E-state index contributed by atoms with van der Waals surface area (Å²) in [4.78, 5) is 0. The maximum absolute atomic E-state index is 6.03. The lowest BCUT2D eigenvalue weighted by molar-refractivity contribution is 0.348. The third-order valence-electron chi connectivity index (χ3n) is 3.65. The molecule has 104 valence electrons. The van der Waals surface area contributed by atoms with E-state index in [-0.39, 0.29) is 6.04 Å². The third-order valence-corrected chi connectivity index (χ3v) is 3.89. The van der Waals surface area contributed by atoms with Gasteiger partial charge in [0.1, 0.15) is 5.75 Å². The molecule has 2 aromatic rings. The van der Waals surface area contributed by atoms with Crippen LogP contribution in [0.1, 0.15) is 22.7 Å². The molecular weight excluding hydrogens is 272 g/mol. The SMILES string of the molecule is NNC(Cc1cccc(Cl)c1)c1cccc2c1OCC2. The topological polar surface area (TPSA) is 47.3 Å². The Balaban J connectivity index is 1.89. The molecule has 0 aliphatic carbocycles. The molecule has 0 aromatic heterocycles. The Bertz CT molecular complexity index is 615. The van der Waals surface area contributed by atoms with E-state index in [2.05, 4.69) is 29.7 Å². The minimum absolute atomic E-state index is 0.0153. The summed E-state index contributed by atoms with van der Waals surface area (Å²) in [6.45, 7) is 0.751. The molecule has 0 bridgehead atoms. The van der Waals surface area contributed by atoms with E-state index in [0.717, 1.165) is 41.3 Å². The second kappa shape index (κ2) is 5.83. The zero-order valence-electron chi connectivity index (χ0n) is 11.1. The minimum atomic E-state index is 0.0153. The molecule has 3 rings (SSSR count). The predicted molar refractivity (Wildman–Crippen MR) is 80.9 cm³/mol. The van der Waals surface area contributed by atoms with Crippen molar-refractivity contribution in [3.63, 3.8) is 0 Å². The van der Waals surface area contributed by atoms with Crippen molar-refractivity contribution >= 4 is 11.6 Å². The highest BCUT2D eigenvalue weighted by Crippen LogP contribution is 2.34. The Kier molecular flexibility index (Phi) is 3.92. The first-order chi connectivity index (χ1) is 9.78. The van der Waals surface area contributed by atoms with Gasteiger partial charge in [-0.3, -0.25) is 11.3 Å². The van der Waals surface area contributed by atoms with Crippen molar-refractivity contribution in [3.8, 4) is 5.75 Å². The second-order valence-corrected chi connectivity index (χ2v) is 5.42. The van der Waals surface area contributed by atoms with Crippen molar-refractivity contribution in [1.29, 1.82) is 0 Å². The average Bonchev–Trinajstić information content (AvgIpc) is 2.93. The number of rotatable bonds is 4. The molecule has 0 radical (unpaired) electrons. The molecule has 1 aliphatic heterocycles. The lowest BCUT2D eigenvalue weighted by Gasteiger charge is -2.19. The Morgan fingerprint density at radius 3 is 2.90 bits per heavy atom. The summed E-state index contributed by atoms with van der Waals surface area (Å²) in [7, 11) is 0. The van der Waals surface area contributed by atoms with Gasteiger partial charge in [0, 0.05) is 17.0 Å². The van der Waals surface area contributed by atoms with E-state index in [4.69, 9.17) is 22.2 Å². The molecule has 0 amide bonds. The van der Waals surface area contributed by atoms with E-state index in [0.29, 0.717) is 0 Å². The standard InChI is InChI=1S/C16H17ClN2O/c17-13-5-1-3-11(9-13)10-15(19-18)14-6-2-4-12-7-8-20-16(12)14/h1-6,9,15,19H,7-8,10,18H2. The quantitative estimate of drug-likeness (QED) is 0.671. The normalized spacial score (nSPS) is 14.7. The molecule has 2 aromatic carbocycles. The zero-order chi connectivity index (χ0) is 13.9. The summed E-state index contributed by atoms with van der Waals surface area (Å²) in [5.41, 5.74) is 6.41. The molecule has 1 atom stereocenters. The molecule has 20 heavy (non-hydrogen) atoms. The van der Waals surface area contributed by atoms with Crippen LogP contribution in [-0.2, 0) is 12.8 Å². The van der Waals surface area contributed by atoms with Crippen LogP contribution in [0, 0.1) is 0 Å². The number of ether oxygens (including phenoxy) is 1. The van der Waals surface area contributed by atoms with Gasteiger partial charge in [0.05, 0.1) is 12.6 Å². The van der Waals surface area contributed by atoms with Gasteiger partial charge >= 0.3 is 0 Å². The number of halogens is 1. The summed E-state index contributed by atoms with van der Waals surface area (Å²) in [5, 5.41) is 0.743. The van der Waals surface area contributed by atoms with Gasteiger partial charge in [-0.1, -0.05) is 41.9 Å². The van der Waals surface area contributed by atoms with Crippen LogP contribution < -0.4 is 16.0 Å². The van der Waals surface area contributed by atoms with Gasteiger partial charge in [-0.2, -0.15) is 0 Å². The molecule has 3 nitrogen and oxygen atoms in total. The summed E-state index contributed by atoms with van der Waals surface area (Å²) in [6.07, 6.45) is 1.74. The average molecular weight is 289 g/mol. The fourth-order valence-electron chi connectivity index (χ4n) is 2.67. The summed E-state index contributed by atoms with van der Waals surface area (Å²) in [6, 6.07) is 14.1. The molecule has 0 spiro atoms. The summed E-state index contributed by atoms with van der Waals surface area (Å²) < 4.78 is 5.75. The van der Waals surface area contributed by atoms with Crippen molar-refractivity contribution in [1.82, 2.24) is 5.43 Å². The Morgan fingerprint density at radius 1 is 1.25 bits per heavy atom. The van der Waals surface area contributed by atoms with Gasteiger partial charge < -0.3 is 4.74 Å². The maximum atomic E-state index is 6.03. The number of nitrogens with one attached hydrogen (secondary N) is 1. The van der Waals surface area contributed by atoms with E-state index in [1.807, 2.05) is 18.2 Å². The number of hydrogen-bond acceptors (Lipinski definition) is 3. The van der Waals surface area contributed by atoms with Gasteiger partial charge in [-0.25, -0.2) is 0 Å². The number of benzene rings is 2. The van der Waals surface area contributed by atoms with Crippen LogP contribution in [0.4, 0.5) is 0 Å². The molecule has 1 heterocycles. The highest BCUT2D eigenvalue weighted by atomic mass is 35.5. The zero-order valence-corrected chi connectivity index (χ0v) is 11.9. The number of hydrogen-bond donors (Lipinski definition) is 2. The van der Waals surface area contributed by atoms with Crippen LogP contribution >= 0.6 is 11.6 Å². The maximum Gasteiger partial charge on any atom is 0.127 e. The summed E-state index contributed by atoms with van der Waals surface area (Å²) >= 11 is 6.03. The van der Waals surface area contributed by atoms with Crippen LogP contribution in [0.15, 0.2) is 42.5 Å². The van der Waals surface area contributed by atoms with Gasteiger partial charge in [0.15, 0.2) is 0 Å². The molecule has 3 N–H and O–H groups in total.